The van der Waals surface area contributed by atoms with E-state index in [-0.39, 0.29) is 12.0 Å². The second-order valence-corrected chi connectivity index (χ2v) is 11.8. The van der Waals surface area contributed by atoms with Gasteiger partial charge in [-0.3, -0.25) is 0 Å². The van der Waals surface area contributed by atoms with E-state index in [9.17, 15) is 0 Å². The highest BCUT2D eigenvalue weighted by Gasteiger charge is 2.49. The van der Waals surface area contributed by atoms with Crippen LogP contribution in [0.5, 0.6) is 0 Å². The van der Waals surface area contributed by atoms with Gasteiger partial charge in [-0.2, -0.15) is 0 Å². The van der Waals surface area contributed by atoms with Crippen LogP contribution in [0.3, 0.4) is 0 Å². The van der Waals surface area contributed by atoms with Crippen LogP contribution < -0.4 is 0 Å². The molecule has 4 fully saturated rings. The molecule has 0 amide bonds. The average Bonchev–Trinajstić information content (AvgIpc) is 2.76. The average molecular weight is 423 g/mol. The van der Waals surface area contributed by atoms with E-state index in [0.717, 1.165) is 49.5 Å². The molecule has 4 aliphatic carbocycles. The minimum Gasteiger partial charge on any atom is -0.378 e. The van der Waals surface area contributed by atoms with E-state index >= 15 is 4.39 Å². The van der Waals surface area contributed by atoms with E-state index in [0.29, 0.717) is 23.9 Å². The van der Waals surface area contributed by atoms with E-state index < -0.39 is 6.17 Å². The second-order valence-electron chi connectivity index (χ2n) is 11.8. The molecule has 0 bridgehead atoms. The van der Waals surface area contributed by atoms with Crippen molar-refractivity contribution in [1.29, 1.82) is 0 Å². The number of halogens is 1. The summed E-state index contributed by atoms with van der Waals surface area (Å²) in [5, 5.41) is 0. The Morgan fingerprint density at radius 2 is 1.30 bits per heavy atom. The summed E-state index contributed by atoms with van der Waals surface area (Å²) >= 11 is 0. The summed E-state index contributed by atoms with van der Waals surface area (Å²) in [7, 11) is 1.67. The Morgan fingerprint density at radius 1 is 0.700 bits per heavy atom. The Morgan fingerprint density at radius 3 is 1.93 bits per heavy atom. The van der Waals surface area contributed by atoms with Crippen molar-refractivity contribution in [2.24, 2.45) is 47.3 Å². The molecule has 4 saturated carbocycles. The summed E-state index contributed by atoms with van der Waals surface area (Å²) in [6.45, 7) is 7.93. The quantitative estimate of drug-likeness (QED) is 0.472. The van der Waals surface area contributed by atoms with E-state index in [1.807, 2.05) is 0 Å². The van der Waals surface area contributed by atoms with Crippen LogP contribution in [-0.4, -0.2) is 32.1 Å². The van der Waals surface area contributed by atoms with Gasteiger partial charge in [-0.05, 0) is 105 Å². The molecule has 2 nitrogen and oxygen atoms in total. The molecular weight excluding hydrogens is 375 g/mol. The smallest absolute Gasteiger partial charge is 0.129 e. The molecule has 30 heavy (non-hydrogen) atoms. The largest absolute Gasteiger partial charge is 0.378 e. The Hall–Kier alpha value is -0.150. The van der Waals surface area contributed by atoms with E-state index in [2.05, 4.69) is 20.8 Å². The van der Waals surface area contributed by atoms with Crippen molar-refractivity contribution in [2.75, 3.05) is 13.7 Å². The predicted octanol–water partition coefficient (Wildman–Crippen LogP) is 7.06. The van der Waals surface area contributed by atoms with Crippen molar-refractivity contribution in [1.82, 2.24) is 0 Å². The molecule has 174 valence electrons. The van der Waals surface area contributed by atoms with Crippen molar-refractivity contribution in [3.05, 3.63) is 0 Å². The van der Waals surface area contributed by atoms with Crippen LogP contribution >= 0.6 is 0 Å². The molecule has 0 aromatic heterocycles. The highest BCUT2D eigenvalue weighted by Crippen LogP contribution is 2.49. The second kappa shape index (κ2) is 10.2. The Labute approximate surface area is 185 Å². The van der Waals surface area contributed by atoms with E-state index in [1.54, 1.807) is 7.11 Å². The molecule has 7 unspecified atom stereocenters. The molecule has 0 aliphatic heterocycles. The minimum atomic E-state index is -0.801. The van der Waals surface area contributed by atoms with Gasteiger partial charge in [0, 0.05) is 13.7 Å². The standard InChI is InChI=1S/C27H47FO2/c1-17-5-9-21(10-6-17)22-11-7-20(8-12-22)16-30-25-15-23-13-14-24(29-4)27(28)26(23)19(3)18(25)2/h17-27H,5-16H2,1-4H3. The summed E-state index contributed by atoms with van der Waals surface area (Å²) in [6.07, 6.45) is 13.8. The Kier molecular flexibility index (Phi) is 7.82. The molecule has 0 saturated heterocycles. The fraction of sp³-hybridized carbons (Fsp3) is 1.00. The van der Waals surface area contributed by atoms with Crippen molar-refractivity contribution >= 4 is 0 Å². The van der Waals surface area contributed by atoms with Crippen molar-refractivity contribution < 1.29 is 13.9 Å². The number of methoxy groups -OCH3 is 1. The maximum Gasteiger partial charge on any atom is 0.129 e. The number of ether oxygens (including phenoxy) is 2. The normalized spacial score (nSPS) is 50.1. The molecule has 4 rings (SSSR count). The van der Waals surface area contributed by atoms with Crippen molar-refractivity contribution in [3.8, 4) is 0 Å². The first-order valence-corrected chi connectivity index (χ1v) is 13.3. The summed E-state index contributed by atoms with van der Waals surface area (Å²) in [4.78, 5) is 0. The van der Waals surface area contributed by atoms with E-state index in [4.69, 9.17) is 9.47 Å². The van der Waals surface area contributed by atoms with Crippen LogP contribution in [-0.2, 0) is 9.47 Å². The van der Waals surface area contributed by atoms with Crippen LogP contribution in [0, 0.1) is 47.3 Å². The molecule has 0 aromatic carbocycles. The van der Waals surface area contributed by atoms with E-state index in [1.165, 1.54) is 51.4 Å². The first-order chi connectivity index (χ1) is 14.5. The van der Waals surface area contributed by atoms with Gasteiger partial charge in [0.05, 0.1) is 12.2 Å². The van der Waals surface area contributed by atoms with Gasteiger partial charge in [0.25, 0.3) is 0 Å². The highest BCUT2D eigenvalue weighted by molar-refractivity contribution is 4.98. The van der Waals surface area contributed by atoms with Gasteiger partial charge in [-0.15, -0.1) is 0 Å². The lowest BCUT2D eigenvalue weighted by molar-refractivity contribution is -0.132. The summed E-state index contributed by atoms with van der Waals surface area (Å²) < 4.78 is 27.1. The van der Waals surface area contributed by atoms with Crippen LogP contribution in [0.4, 0.5) is 4.39 Å². The van der Waals surface area contributed by atoms with Crippen molar-refractivity contribution in [2.45, 2.75) is 110 Å². The predicted molar refractivity (Wildman–Crippen MR) is 121 cm³/mol. The van der Waals surface area contributed by atoms with Gasteiger partial charge >= 0.3 is 0 Å². The van der Waals surface area contributed by atoms with Crippen LogP contribution in [0.15, 0.2) is 0 Å². The fourth-order valence-corrected chi connectivity index (χ4v) is 7.75. The molecule has 0 heterocycles. The van der Waals surface area contributed by atoms with Gasteiger partial charge in [0.2, 0.25) is 0 Å². The zero-order chi connectivity index (χ0) is 21.3. The minimum absolute atomic E-state index is 0.159. The Balaban J connectivity index is 1.23. The lowest BCUT2D eigenvalue weighted by Crippen LogP contribution is -2.51. The third kappa shape index (κ3) is 4.92. The summed E-state index contributed by atoms with van der Waals surface area (Å²) in [5.41, 5.74) is 0. The molecule has 0 N–H and O–H groups in total. The van der Waals surface area contributed by atoms with Gasteiger partial charge in [-0.25, -0.2) is 4.39 Å². The maximum absolute atomic E-state index is 15.1. The molecule has 0 aromatic rings. The fourth-order valence-electron chi connectivity index (χ4n) is 7.75. The van der Waals surface area contributed by atoms with Crippen LogP contribution in [0.1, 0.15) is 91.4 Å². The lowest BCUT2D eigenvalue weighted by atomic mass is 9.60. The maximum atomic E-state index is 15.1. The summed E-state index contributed by atoms with van der Waals surface area (Å²) in [5.74, 6) is 5.17. The third-order valence-electron chi connectivity index (χ3n) is 10.1. The number of rotatable bonds is 5. The monoisotopic (exact) mass is 422 g/mol. The number of fused-ring (bicyclic) bond motifs is 1. The van der Waals surface area contributed by atoms with Crippen LogP contribution in [0.2, 0.25) is 0 Å². The SMILES string of the molecule is COC1CCC2CC(OCC3CCC(C4CCC(C)CC4)CC3)C(C)C(C)C2C1F. The zero-order valence-corrected chi connectivity index (χ0v) is 20.0. The number of hydrogen-bond donors (Lipinski definition) is 0. The van der Waals surface area contributed by atoms with Crippen molar-refractivity contribution in [3.63, 3.8) is 0 Å². The first kappa shape index (κ1) is 23.0. The topological polar surface area (TPSA) is 18.5 Å². The molecule has 3 heteroatoms. The lowest BCUT2D eigenvalue weighted by Gasteiger charge is -2.50. The molecular formula is C27H47FO2. The van der Waals surface area contributed by atoms with Crippen LogP contribution in [0.25, 0.3) is 0 Å². The van der Waals surface area contributed by atoms with Gasteiger partial charge in [0.1, 0.15) is 6.17 Å². The number of hydrogen-bond acceptors (Lipinski definition) is 2. The zero-order valence-electron chi connectivity index (χ0n) is 20.0. The molecule has 4 aliphatic rings. The number of alkyl halides is 1. The molecule has 0 radical (unpaired) electrons. The first-order valence-electron chi connectivity index (χ1n) is 13.3. The molecule has 7 atom stereocenters. The Bertz CT molecular complexity index is 521. The highest BCUT2D eigenvalue weighted by atomic mass is 19.1. The third-order valence-corrected chi connectivity index (χ3v) is 10.1. The van der Waals surface area contributed by atoms with Gasteiger partial charge < -0.3 is 9.47 Å². The molecule has 0 spiro atoms. The summed E-state index contributed by atoms with van der Waals surface area (Å²) in [6, 6.07) is 0. The van der Waals surface area contributed by atoms with Gasteiger partial charge in [-0.1, -0.05) is 33.6 Å². The van der Waals surface area contributed by atoms with Gasteiger partial charge in [0.15, 0.2) is 0 Å².